The van der Waals surface area contributed by atoms with Gasteiger partial charge in [0.1, 0.15) is 29.5 Å². The highest BCUT2D eigenvalue weighted by Gasteiger charge is 2.39. The van der Waals surface area contributed by atoms with Crippen molar-refractivity contribution in [1.82, 2.24) is 26.6 Å². The molecule has 0 radical (unpaired) electrons. The first kappa shape index (κ1) is 37.2. The Morgan fingerprint density at radius 1 is 0.978 bits per heavy atom. The molecule has 0 bridgehead atoms. The Morgan fingerprint density at radius 2 is 1.60 bits per heavy atom. The summed E-state index contributed by atoms with van der Waals surface area (Å²) in [4.78, 5) is 82.2. The van der Waals surface area contributed by atoms with Crippen molar-refractivity contribution in [2.75, 3.05) is 13.1 Å². The van der Waals surface area contributed by atoms with Crippen LogP contribution in [0.15, 0.2) is 17.1 Å². The SMILES string of the molecule is C=C(C(N)=O)C(N)=NCCC[C@@H]1NC(=O)[C@](C)(NC(=O)C(C)C)CCNC(=O)[C@@H](CC2CCCCC2)NC(=O)[C@H](CC)NC1=O. The number of carbonyl (C=O) groups excluding carboxylic acids is 6. The molecule has 9 N–H and O–H groups in total. The fraction of sp³-hybridized carbons (Fsp3) is 0.710. The Labute approximate surface area is 265 Å². The minimum Gasteiger partial charge on any atom is -0.383 e. The average molecular weight is 633 g/mol. The smallest absolute Gasteiger partial charge is 0.251 e. The number of amides is 6. The van der Waals surface area contributed by atoms with E-state index in [4.69, 9.17) is 11.5 Å². The number of amidine groups is 1. The monoisotopic (exact) mass is 632 g/mol. The van der Waals surface area contributed by atoms with Crippen LogP contribution >= 0.6 is 0 Å². The van der Waals surface area contributed by atoms with Crippen molar-refractivity contribution in [2.24, 2.45) is 28.3 Å². The van der Waals surface area contributed by atoms with Crippen molar-refractivity contribution < 1.29 is 28.8 Å². The summed E-state index contributed by atoms with van der Waals surface area (Å²) >= 11 is 0. The maximum atomic E-state index is 13.7. The van der Waals surface area contributed by atoms with Gasteiger partial charge in [-0.25, -0.2) is 0 Å². The molecule has 2 aliphatic rings. The van der Waals surface area contributed by atoms with Crippen molar-refractivity contribution in [2.45, 2.75) is 116 Å². The lowest BCUT2D eigenvalue weighted by molar-refractivity contribution is -0.138. The molecule has 1 aliphatic heterocycles. The van der Waals surface area contributed by atoms with Gasteiger partial charge in [0, 0.05) is 19.0 Å². The first-order chi connectivity index (χ1) is 21.2. The topological polar surface area (TPSA) is 227 Å². The third-order valence-electron chi connectivity index (χ3n) is 8.48. The number of hydrogen-bond acceptors (Lipinski definition) is 7. The average Bonchev–Trinajstić information content (AvgIpc) is 2.99. The summed E-state index contributed by atoms with van der Waals surface area (Å²) in [7, 11) is 0. The minimum absolute atomic E-state index is 0.0368. The van der Waals surface area contributed by atoms with Gasteiger partial charge in [0.2, 0.25) is 29.5 Å². The van der Waals surface area contributed by atoms with Crippen LogP contribution in [0.3, 0.4) is 0 Å². The van der Waals surface area contributed by atoms with Crippen LogP contribution in [0, 0.1) is 11.8 Å². The summed E-state index contributed by atoms with van der Waals surface area (Å²) in [6.07, 6.45) is 6.36. The molecular weight excluding hydrogens is 580 g/mol. The largest absolute Gasteiger partial charge is 0.383 e. The van der Waals surface area contributed by atoms with Crippen molar-refractivity contribution in [3.05, 3.63) is 12.2 Å². The van der Waals surface area contributed by atoms with Gasteiger partial charge in [-0.2, -0.15) is 0 Å². The number of aliphatic imine (C=N–C) groups is 1. The molecule has 1 heterocycles. The molecule has 1 saturated heterocycles. The molecule has 1 aliphatic carbocycles. The van der Waals surface area contributed by atoms with Crippen molar-refractivity contribution in [3.8, 4) is 0 Å². The third kappa shape index (κ3) is 11.5. The van der Waals surface area contributed by atoms with E-state index in [1.807, 2.05) is 0 Å². The molecule has 0 spiro atoms. The second kappa shape index (κ2) is 17.5. The number of primary amides is 1. The Balaban J connectivity index is 2.37. The van der Waals surface area contributed by atoms with Crippen LogP contribution in [0.25, 0.3) is 0 Å². The lowest BCUT2D eigenvalue weighted by Gasteiger charge is -2.34. The Hall–Kier alpha value is -3.97. The van der Waals surface area contributed by atoms with Gasteiger partial charge in [0.25, 0.3) is 5.91 Å². The Morgan fingerprint density at radius 3 is 2.20 bits per heavy atom. The molecule has 0 aromatic carbocycles. The van der Waals surface area contributed by atoms with Gasteiger partial charge in [-0.05, 0) is 44.9 Å². The zero-order valence-corrected chi connectivity index (χ0v) is 27.1. The molecule has 252 valence electrons. The van der Waals surface area contributed by atoms with Crippen molar-refractivity contribution >= 4 is 41.3 Å². The molecule has 14 nitrogen and oxygen atoms in total. The first-order valence-corrected chi connectivity index (χ1v) is 16.0. The third-order valence-corrected chi connectivity index (χ3v) is 8.48. The number of hydrogen-bond donors (Lipinski definition) is 7. The van der Waals surface area contributed by atoms with Crippen molar-refractivity contribution in [3.63, 3.8) is 0 Å². The van der Waals surface area contributed by atoms with Crippen molar-refractivity contribution in [1.29, 1.82) is 0 Å². The normalized spacial score (nSPS) is 26.2. The van der Waals surface area contributed by atoms with Crippen LogP contribution in [-0.4, -0.2) is 78.0 Å². The number of nitrogens with zero attached hydrogens (tertiary/aromatic N) is 1. The molecule has 1 saturated carbocycles. The molecule has 2 fully saturated rings. The molecule has 6 amide bonds. The summed E-state index contributed by atoms with van der Waals surface area (Å²) in [5.41, 5.74) is 9.34. The molecule has 45 heavy (non-hydrogen) atoms. The Kier molecular flexibility index (Phi) is 14.5. The van der Waals surface area contributed by atoms with Crippen LogP contribution in [-0.2, 0) is 28.8 Å². The quantitative estimate of drug-likeness (QED) is 0.0716. The van der Waals surface area contributed by atoms with E-state index in [0.29, 0.717) is 6.42 Å². The summed E-state index contributed by atoms with van der Waals surface area (Å²) in [5.74, 6) is -3.52. The lowest BCUT2D eigenvalue weighted by atomic mass is 9.84. The fourth-order valence-electron chi connectivity index (χ4n) is 5.40. The zero-order chi connectivity index (χ0) is 33.7. The number of rotatable bonds is 11. The van der Waals surface area contributed by atoms with Gasteiger partial charge >= 0.3 is 0 Å². The minimum atomic E-state index is -1.47. The van der Waals surface area contributed by atoms with Gasteiger partial charge in [-0.3, -0.25) is 33.8 Å². The maximum absolute atomic E-state index is 13.7. The van der Waals surface area contributed by atoms with Gasteiger partial charge in [0.15, 0.2) is 0 Å². The highest BCUT2D eigenvalue weighted by molar-refractivity contribution is 6.19. The van der Waals surface area contributed by atoms with E-state index in [0.717, 1.165) is 32.1 Å². The molecule has 14 heteroatoms. The highest BCUT2D eigenvalue weighted by atomic mass is 16.2. The standard InChI is InChI=1S/C31H52N8O6/c1-6-21-28(43)37-23(17-20-11-8-7-9-12-20)27(42)35-16-14-31(5,39-26(41)18(2)3)30(45)38-22(29(44)36-21)13-10-15-34-24(32)19(4)25(33)40/h18,20-23H,4,6-17H2,1-3,5H3,(H2,32,34)(H2,33,40)(H,35,42)(H,36,44)(H,37,43)(H,38,45)(H,39,41)/t21-,22-,23+,31+/m0/s1. The van der Waals surface area contributed by atoms with Crippen LogP contribution in [0.5, 0.6) is 0 Å². The van der Waals surface area contributed by atoms with Crippen LogP contribution in [0.1, 0.15) is 91.9 Å². The summed E-state index contributed by atoms with van der Waals surface area (Å²) in [6, 6.07) is -2.86. The van der Waals surface area contributed by atoms with Crippen LogP contribution in [0.2, 0.25) is 0 Å². The van der Waals surface area contributed by atoms with E-state index in [1.54, 1.807) is 27.7 Å². The van der Waals surface area contributed by atoms with E-state index < -0.39 is 53.2 Å². The number of nitrogens with one attached hydrogen (secondary N) is 5. The maximum Gasteiger partial charge on any atom is 0.251 e. The van der Waals surface area contributed by atoms with Gasteiger partial charge in [-0.15, -0.1) is 0 Å². The second-order valence-corrected chi connectivity index (χ2v) is 12.6. The Bertz CT molecular complexity index is 1150. The lowest BCUT2D eigenvalue weighted by Crippen LogP contribution is -2.63. The van der Waals surface area contributed by atoms with E-state index in [2.05, 4.69) is 38.2 Å². The second-order valence-electron chi connectivity index (χ2n) is 12.6. The number of nitrogens with two attached hydrogens (primary N) is 2. The first-order valence-electron chi connectivity index (χ1n) is 16.0. The molecule has 4 atom stereocenters. The van der Waals surface area contributed by atoms with E-state index in [-0.39, 0.29) is 67.9 Å². The number of carbonyl (C=O) groups is 6. The predicted octanol–water partition coefficient (Wildman–Crippen LogP) is 0.0509. The fourth-order valence-corrected chi connectivity index (χ4v) is 5.40. The summed E-state index contributed by atoms with van der Waals surface area (Å²) < 4.78 is 0. The summed E-state index contributed by atoms with van der Waals surface area (Å²) in [5, 5.41) is 14.0. The molecule has 2 rings (SSSR count). The van der Waals surface area contributed by atoms with Crippen LogP contribution < -0.4 is 38.1 Å². The van der Waals surface area contributed by atoms with E-state index >= 15 is 0 Å². The molecule has 0 aromatic heterocycles. The van der Waals surface area contributed by atoms with Gasteiger partial charge in [-0.1, -0.05) is 59.5 Å². The van der Waals surface area contributed by atoms with Crippen LogP contribution in [0.4, 0.5) is 0 Å². The predicted molar refractivity (Wildman–Crippen MR) is 170 cm³/mol. The van der Waals surface area contributed by atoms with Gasteiger partial charge < -0.3 is 38.1 Å². The molecule has 0 aromatic rings. The summed E-state index contributed by atoms with van der Waals surface area (Å²) in [6.45, 7) is 10.3. The van der Waals surface area contributed by atoms with Gasteiger partial charge in [0.05, 0.1) is 5.57 Å². The molecule has 0 unspecified atom stereocenters. The molecular formula is C31H52N8O6. The van der Waals surface area contributed by atoms with E-state index in [1.165, 1.54) is 0 Å². The highest BCUT2D eigenvalue weighted by Crippen LogP contribution is 2.27. The van der Waals surface area contributed by atoms with E-state index in [9.17, 15) is 28.8 Å². The zero-order valence-electron chi connectivity index (χ0n) is 27.1.